The molecule has 1 aliphatic heterocycles. The molecule has 2 N–H and O–H groups in total. The van der Waals surface area contributed by atoms with Gasteiger partial charge in [-0.05, 0) is 37.3 Å². The summed E-state index contributed by atoms with van der Waals surface area (Å²) in [6, 6.07) is 4.38. The molecule has 1 saturated carbocycles. The van der Waals surface area contributed by atoms with Gasteiger partial charge in [-0.15, -0.1) is 0 Å². The minimum atomic E-state index is -0.166. The summed E-state index contributed by atoms with van der Waals surface area (Å²) in [4.78, 5) is 18.6. The Hall–Kier alpha value is -1.46. The maximum Gasteiger partial charge on any atom is 0.224 e. The highest BCUT2D eigenvalue weighted by Crippen LogP contribution is 2.25. The van der Waals surface area contributed by atoms with E-state index < -0.39 is 0 Å². The number of aliphatic hydroxyl groups is 1. The van der Waals surface area contributed by atoms with Crippen molar-refractivity contribution < 1.29 is 9.90 Å². The molecule has 2 aliphatic rings. The number of rotatable bonds is 4. The molecule has 0 bridgehead atoms. The first-order valence-corrected chi connectivity index (χ1v) is 8.83. The van der Waals surface area contributed by atoms with Gasteiger partial charge >= 0.3 is 0 Å². The van der Waals surface area contributed by atoms with E-state index in [-0.39, 0.29) is 18.1 Å². The molecule has 2 atom stereocenters. The molecule has 2 unspecified atom stereocenters. The smallest absolute Gasteiger partial charge is 0.224 e. The molecule has 1 saturated heterocycles. The Kier molecular flexibility index (Phi) is 5.62. The number of hydrogen-bond acceptors (Lipinski definition) is 4. The Morgan fingerprint density at radius 3 is 2.74 bits per heavy atom. The van der Waals surface area contributed by atoms with E-state index in [1.54, 1.807) is 12.4 Å². The molecular weight excluding hydrogens is 290 g/mol. The zero-order chi connectivity index (χ0) is 16.1. The van der Waals surface area contributed by atoms with E-state index >= 15 is 0 Å². The van der Waals surface area contributed by atoms with Crippen LogP contribution in [0.5, 0.6) is 0 Å². The molecule has 5 heteroatoms. The van der Waals surface area contributed by atoms with Gasteiger partial charge in [0.2, 0.25) is 5.91 Å². The zero-order valence-electron chi connectivity index (χ0n) is 13.7. The van der Waals surface area contributed by atoms with Crippen molar-refractivity contribution >= 4 is 5.91 Å². The van der Waals surface area contributed by atoms with Crippen LogP contribution >= 0.6 is 0 Å². The SMILES string of the molecule is O=C(Cc1cccnc1)NC1CCN(C2CCCCC2O)CC1. The molecule has 1 aromatic rings. The van der Waals surface area contributed by atoms with Gasteiger partial charge in [0.15, 0.2) is 0 Å². The number of aromatic nitrogens is 1. The first-order chi connectivity index (χ1) is 11.2. The van der Waals surface area contributed by atoms with Crippen LogP contribution in [0.4, 0.5) is 0 Å². The van der Waals surface area contributed by atoms with Crippen LogP contribution in [0.25, 0.3) is 0 Å². The van der Waals surface area contributed by atoms with Gasteiger partial charge in [-0.1, -0.05) is 18.9 Å². The predicted molar refractivity (Wildman–Crippen MR) is 88.9 cm³/mol. The van der Waals surface area contributed by atoms with E-state index in [0.29, 0.717) is 12.5 Å². The molecule has 0 radical (unpaired) electrons. The van der Waals surface area contributed by atoms with Crippen molar-refractivity contribution in [3.8, 4) is 0 Å². The van der Waals surface area contributed by atoms with Crippen LogP contribution in [0.3, 0.4) is 0 Å². The predicted octanol–water partition coefficient (Wildman–Crippen LogP) is 1.51. The fourth-order valence-electron chi connectivity index (χ4n) is 3.86. The van der Waals surface area contributed by atoms with Crippen LogP contribution in [-0.4, -0.2) is 52.2 Å². The Morgan fingerprint density at radius 1 is 1.26 bits per heavy atom. The summed E-state index contributed by atoms with van der Waals surface area (Å²) < 4.78 is 0. The van der Waals surface area contributed by atoms with Gasteiger partial charge in [0.1, 0.15) is 0 Å². The van der Waals surface area contributed by atoms with Crippen molar-refractivity contribution in [1.29, 1.82) is 0 Å². The fourth-order valence-corrected chi connectivity index (χ4v) is 3.86. The molecule has 3 rings (SSSR count). The summed E-state index contributed by atoms with van der Waals surface area (Å²) >= 11 is 0. The summed E-state index contributed by atoms with van der Waals surface area (Å²) in [6.07, 6.45) is 10.1. The standard InChI is InChI=1S/C18H27N3O2/c22-17-6-2-1-5-16(17)21-10-7-15(8-11-21)20-18(23)12-14-4-3-9-19-13-14/h3-4,9,13,15-17,22H,1-2,5-8,10-12H2,(H,20,23). The maximum atomic E-state index is 12.1. The minimum absolute atomic E-state index is 0.0779. The van der Waals surface area contributed by atoms with Crippen LogP contribution in [-0.2, 0) is 11.2 Å². The van der Waals surface area contributed by atoms with Crippen molar-refractivity contribution in [1.82, 2.24) is 15.2 Å². The lowest BCUT2D eigenvalue weighted by atomic mass is 9.89. The maximum absolute atomic E-state index is 12.1. The van der Waals surface area contributed by atoms with Crippen LogP contribution in [0.2, 0.25) is 0 Å². The van der Waals surface area contributed by atoms with Gasteiger partial charge in [-0.25, -0.2) is 0 Å². The molecule has 2 heterocycles. The first kappa shape index (κ1) is 16.4. The Balaban J connectivity index is 1.43. The molecule has 1 aromatic heterocycles. The van der Waals surface area contributed by atoms with E-state index in [4.69, 9.17) is 0 Å². The van der Waals surface area contributed by atoms with Gasteiger partial charge in [0.05, 0.1) is 12.5 Å². The number of hydrogen-bond donors (Lipinski definition) is 2. The highest BCUT2D eigenvalue weighted by Gasteiger charge is 2.31. The molecule has 1 aliphatic carbocycles. The van der Waals surface area contributed by atoms with Gasteiger partial charge in [-0.3, -0.25) is 14.7 Å². The third kappa shape index (κ3) is 4.52. The lowest BCUT2D eigenvalue weighted by Gasteiger charge is -2.41. The minimum Gasteiger partial charge on any atom is -0.391 e. The highest BCUT2D eigenvalue weighted by atomic mass is 16.3. The topological polar surface area (TPSA) is 65.5 Å². The summed E-state index contributed by atoms with van der Waals surface area (Å²) in [7, 11) is 0. The third-order valence-corrected chi connectivity index (χ3v) is 5.15. The molecule has 5 nitrogen and oxygen atoms in total. The second-order valence-electron chi connectivity index (χ2n) is 6.83. The van der Waals surface area contributed by atoms with E-state index in [2.05, 4.69) is 15.2 Å². The molecule has 23 heavy (non-hydrogen) atoms. The summed E-state index contributed by atoms with van der Waals surface area (Å²) in [5, 5.41) is 13.3. The average Bonchev–Trinajstić information content (AvgIpc) is 2.57. The Labute approximate surface area is 138 Å². The van der Waals surface area contributed by atoms with Crippen LogP contribution in [0, 0.1) is 0 Å². The van der Waals surface area contributed by atoms with Gasteiger partial charge < -0.3 is 10.4 Å². The van der Waals surface area contributed by atoms with Gasteiger partial charge in [-0.2, -0.15) is 0 Å². The molecule has 0 spiro atoms. The van der Waals surface area contributed by atoms with E-state index in [0.717, 1.165) is 50.8 Å². The number of piperidine rings is 1. The number of likely N-dealkylation sites (tertiary alicyclic amines) is 1. The van der Waals surface area contributed by atoms with Crippen LogP contribution < -0.4 is 5.32 Å². The highest BCUT2D eigenvalue weighted by molar-refractivity contribution is 5.78. The van der Waals surface area contributed by atoms with Crippen molar-refractivity contribution in [2.75, 3.05) is 13.1 Å². The second-order valence-corrected chi connectivity index (χ2v) is 6.83. The lowest BCUT2D eigenvalue weighted by Crippen LogP contribution is -2.52. The van der Waals surface area contributed by atoms with Gasteiger partial charge in [0, 0.05) is 37.6 Å². The molecule has 0 aromatic carbocycles. The summed E-state index contributed by atoms with van der Waals surface area (Å²) in [5.74, 6) is 0.0779. The van der Waals surface area contributed by atoms with E-state index in [1.165, 1.54) is 6.42 Å². The quantitative estimate of drug-likeness (QED) is 0.883. The number of carbonyl (C=O) groups is 1. The number of carbonyl (C=O) groups excluding carboxylic acids is 1. The zero-order valence-corrected chi connectivity index (χ0v) is 13.7. The Morgan fingerprint density at radius 2 is 2.04 bits per heavy atom. The number of pyridine rings is 1. The summed E-state index contributed by atoms with van der Waals surface area (Å²) in [5.41, 5.74) is 0.952. The molecule has 2 fully saturated rings. The number of aliphatic hydroxyl groups excluding tert-OH is 1. The van der Waals surface area contributed by atoms with Crippen molar-refractivity contribution in [2.45, 2.75) is 63.1 Å². The number of nitrogens with zero attached hydrogens (tertiary/aromatic N) is 2. The third-order valence-electron chi connectivity index (χ3n) is 5.15. The average molecular weight is 317 g/mol. The normalized spacial score (nSPS) is 26.8. The van der Waals surface area contributed by atoms with Crippen molar-refractivity contribution in [3.63, 3.8) is 0 Å². The number of nitrogens with one attached hydrogen (secondary N) is 1. The lowest BCUT2D eigenvalue weighted by molar-refractivity contribution is -0.121. The van der Waals surface area contributed by atoms with E-state index in [1.807, 2.05) is 12.1 Å². The monoisotopic (exact) mass is 317 g/mol. The molecular formula is C18H27N3O2. The van der Waals surface area contributed by atoms with Crippen molar-refractivity contribution in [3.05, 3.63) is 30.1 Å². The van der Waals surface area contributed by atoms with Crippen LogP contribution in [0.1, 0.15) is 44.1 Å². The largest absolute Gasteiger partial charge is 0.391 e. The number of amides is 1. The van der Waals surface area contributed by atoms with Crippen molar-refractivity contribution in [2.24, 2.45) is 0 Å². The van der Waals surface area contributed by atoms with Gasteiger partial charge in [0.25, 0.3) is 0 Å². The van der Waals surface area contributed by atoms with Crippen LogP contribution in [0.15, 0.2) is 24.5 Å². The first-order valence-electron chi connectivity index (χ1n) is 8.83. The fraction of sp³-hybridized carbons (Fsp3) is 0.667. The Bertz CT molecular complexity index is 500. The summed E-state index contributed by atoms with van der Waals surface area (Å²) in [6.45, 7) is 1.94. The van der Waals surface area contributed by atoms with E-state index in [9.17, 15) is 9.90 Å². The molecule has 126 valence electrons. The second kappa shape index (κ2) is 7.88. The molecule has 1 amide bonds.